The molecule has 6 heteroatoms. The van der Waals surface area contributed by atoms with Gasteiger partial charge < -0.3 is 11.1 Å². The maximum absolute atomic E-state index is 11.9. The van der Waals surface area contributed by atoms with Gasteiger partial charge in [-0.2, -0.15) is 0 Å². The van der Waals surface area contributed by atoms with E-state index in [1.54, 1.807) is 6.07 Å². The van der Waals surface area contributed by atoms with Crippen molar-refractivity contribution in [3.63, 3.8) is 0 Å². The van der Waals surface area contributed by atoms with Crippen LogP contribution in [0.3, 0.4) is 0 Å². The molecule has 0 aliphatic carbocycles. The van der Waals surface area contributed by atoms with Crippen molar-refractivity contribution in [2.24, 2.45) is 0 Å². The van der Waals surface area contributed by atoms with Crippen molar-refractivity contribution in [1.29, 1.82) is 0 Å². The molecule has 0 saturated carbocycles. The normalized spacial score (nSPS) is 10.2. The Morgan fingerprint density at radius 1 is 1.32 bits per heavy atom. The van der Waals surface area contributed by atoms with Crippen molar-refractivity contribution in [2.75, 3.05) is 11.1 Å². The van der Waals surface area contributed by atoms with Crippen LogP contribution in [0.1, 0.15) is 5.56 Å². The molecule has 0 spiro atoms. The van der Waals surface area contributed by atoms with Gasteiger partial charge in [0.15, 0.2) is 0 Å². The third kappa shape index (κ3) is 4.04. The van der Waals surface area contributed by atoms with E-state index in [0.717, 1.165) is 10.0 Å². The largest absolute Gasteiger partial charge is 0.397 e. The van der Waals surface area contributed by atoms with Crippen molar-refractivity contribution >= 4 is 49.3 Å². The van der Waals surface area contributed by atoms with Gasteiger partial charge in [0.05, 0.1) is 22.8 Å². The molecule has 1 heterocycles. The van der Waals surface area contributed by atoms with E-state index in [-0.39, 0.29) is 12.3 Å². The minimum absolute atomic E-state index is 0.129. The van der Waals surface area contributed by atoms with E-state index in [0.29, 0.717) is 16.0 Å². The Kier molecular flexibility index (Phi) is 4.55. The molecule has 0 bridgehead atoms. The molecule has 4 nitrogen and oxygen atoms in total. The number of benzene rings is 1. The van der Waals surface area contributed by atoms with Gasteiger partial charge in [0.1, 0.15) is 5.82 Å². The Morgan fingerprint density at radius 2 is 2.11 bits per heavy atom. The number of carbonyl (C=O) groups excluding carboxylic acids is 1. The maximum atomic E-state index is 11.9. The van der Waals surface area contributed by atoms with Crippen LogP contribution in [0.5, 0.6) is 0 Å². The van der Waals surface area contributed by atoms with Gasteiger partial charge in [-0.15, -0.1) is 0 Å². The molecule has 0 saturated heterocycles. The molecule has 2 rings (SSSR count). The maximum Gasteiger partial charge on any atom is 0.229 e. The SMILES string of the molecule is Nc1cnc(NC(=O)Cc2cccc(Br)c2)c(Br)c1. The number of halogens is 2. The molecule has 1 amide bonds. The van der Waals surface area contributed by atoms with Gasteiger partial charge in [0, 0.05) is 4.47 Å². The van der Waals surface area contributed by atoms with Gasteiger partial charge in [0.25, 0.3) is 0 Å². The Hall–Kier alpha value is -1.40. The number of nitrogen functional groups attached to an aromatic ring is 1. The van der Waals surface area contributed by atoms with Gasteiger partial charge >= 0.3 is 0 Å². The Labute approximate surface area is 127 Å². The first-order valence-electron chi connectivity index (χ1n) is 5.50. The number of nitrogens with two attached hydrogens (primary N) is 1. The topological polar surface area (TPSA) is 68.0 Å². The highest BCUT2D eigenvalue weighted by Gasteiger charge is 2.08. The highest BCUT2D eigenvalue weighted by molar-refractivity contribution is 9.10. The van der Waals surface area contributed by atoms with Crippen LogP contribution in [0.25, 0.3) is 0 Å². The molecule has 0 unspecified atom stereocenters. The molecule has 1 aromatic carbocycles. The zero-order valence-electron chi connectivity index (χ0n) is 9.86. The van der Waals surface area contributed by atoms with Crippen molar-refractivity contribution in [1.82, 2.24) is 4.98 Å². The average Bonchev–Trinajstić information content (AvgIpc) is 2.33. The van der Waals surface area contributed by atoms with Gasteiger partial charge in [-0.05, 0) is 39.7 Å². The molecule has 1 aromatic heterocycles. The second-order valence-electron chi connectivity index (χ2n) is 3.95. The van der Waals surface area contributed by atoms with Gasteiger partial charge in [-0.1, -0.05) is 28.1 Å². The van der Waals surface area contributed by atoms with Gasteiger partial charge in [-0.3, -0.25) is 4.79 Å². The lowest BCUT2D eigenvalue weighted by atomic mass is 10.1. The Balaban J connectivity index is 2.05. The molecule has 3 N–H and O–H groups in total. The third-order valence-corrected chi connectivity index (χ3v) is 3.47. The number of hydrogen-bond acceptors (Lipinski definition) is 3. The molecule has 0 radical (unpaired) electrons. The van der Waals surface area contributed by atoms with E-state index in [9.17, 15) is 4.79 Å². The molecule has 19 heavy (non-hydrogen) atoms. The number of rotatable bonds is 3. The van der Waals surface area contributed by atoms with Crippen LogP contribution in [0.4, 0.5) is 11.5 Å². The van der Waals surface area contributed by atoms with Gasteiger partial charge in [-0.25, -0.2) is 4.98 Å². The summed E-state index contributed by atoms with van der Waals surface area (Å²) < 4.78 is 1.61. The highest BCUT2D eigenvalue weighted by atomic mass is 79.9. The third-order valence-electron chi connectivity index (χ3n) is 2.37. The Morgan fingerprint density at radius 3 is 2.79 bits per heavy atom. The second-order valence-corrected chi connectivity index (χ2v) is 5.72. The van der Waals surface area contributed by atoms with Gasteiger partial charge in [0.2, 0.25) is 5.91 Å². The first-order chi connectivity index (χ1) is 9.04. The van der Waals surface area contributed by atoms with Crippen LogP contribution in [0.2, 0.25) is 0 Å². The minimum atomic E-state index is -0.129. The quantitative estimate of drug-likeness (QED) is 0.852. The van der Waals surface area contributed by atoms with E-state index in [4.69, 9.17) is 5.73 Å². The minimum Gasteiger partial charge on any atom is -0.397 e. The van der Waals surface area contributed by atoms with E-state index < -0.39 is 0 Å². The smallest absolute Gasteiger partial charge is 0.229 e. The number of pyridine rings is 1. The summed E-state index contributed by atoms with van der Waals surface area (Å²) in [5.74, 6) is 0.338. The fourth-order valence-corrected chi connectivity index (χ4v) is 2.47. The number of hydrogen-bond donors (Lipinski definition) is 2. The first-order valence-corrected chi connectivity index (χ1v) is 7.08. The lowest BCUT2D eigenvalue weighted by molar-refractivity contribution is -0.115. The number of carbonyl (C=O) groups is 1. The summed E-state index contributed by atoms with van der Waals surface area (Å²) in [6.45, 7) is 0. The lowest BCUT2D eigenvalue weighted by Crippen LogP contribution is -2.15. The van der Waals surface area contributed by atoms with Crippen molar-refractivity contribution in [3.05, 3.63) is 51.0 Å². The molecule has 98 valence electrons. The fourth-order valence-electron chi connectivity index (χ4n) is 1.55. The summed E-state index contributed by atoms with van der Waals surface area (Å²) in [5.41, 5.74) is 7.06. The average molecular weight is 385 g/mol. The molecule has 0 aliphatic rings. The standard InChI is InChI=1S/C13H11Br2N3O/c14-9-3-1-2-8(4-9)5-12(19)18-13-11(15)6-10(16)7-17-13/h1-4,6-7H,5,16H2,(H,17,18,19). The van der Waals surface area contributed by atoms with E-state index in [1.807, 2.05) is 24.3 Å². The molecular formula is C13H11Br2N3O. The van der Waals surface area contributed by atoms with E-state index in [1.165, 1.54) is 6.20 Å². The van der Waals surface area contributed by atoms with Crippen LogP contribution in [-0.4, -0.2) is 10.9 Å². The van der Waals surface area contributed by atoms with Crippen molar-refractivity contribution in [2.45, 2.75) is 6.42 Å². The van der Waals surface area contributed by atoms with Crippen LogP contribution < -0.4 is 11.1 Å². The number of anilines is 2. The summed E-state index contributed by atoms with van der Waals surface area (Å²) in [6.07, 6.45) is 1.79. The van der Waals surface area contributed by atoms with Crippen LogP contribution in [0, 0.1) is 0 Å². The summed E-state index contributed by atoms with van der Waals surface area (Å²) >= 11 is 6.68. The molecule has 0 fully saturated rings. The van der Waals surface area contributed by atoms with Crippen molar-refractivity contribution in [3.8, 4) is 0 Å². The summed E-state index contributed by atoms with van der Waals surface area (Å²) in [6, 6.07) is 9.31. The predicted octanol–water partition coefficient (Wildman–Crippen LogP) is 3.37. The highest BCUT2D eigenvalue weighted by Crippen LogP contribution is 2.22. The summed E-state index contributed by atoms with van der Waals surface area (Å²) in [7, 11) is 0. The zero-order valence-corrected chi connectivity index (χ0v) is 13.0. The van der Waals surface area contributed by atoms with Crippen LogP contribution in [-0.2, 0) is 11.2 Å². The van der Waals surface area contributed by atoms with E-state index >= 15 is 0 Å². The fraction of sp³-hybridized carbons (Fsp3) is 0.0769. The molecule has 0 atom stereocenters. The number of amides is 1. The summed E-state index contributed by atoms with van der Waals surface area (Å²) in [5, 5.41) is 2.74. The monoisotopic (exact) mass is 383 g/mol. The molecule has 2 aromatic rings. The summed E-state index contributed by atoms with van der Waals surface area (Å²) in [4.78, 5) is 16.0. The van der Waals surface area contributed by atoms with E-state index in [2.05, 4.69) is 42.2 Å². The molecular weight excluding hydrogens is 374 g/mol. The molecule has 0 aliphatic heterocycles. The predicted molar refractivity (Wildman–Crippen MR) is 82.8 cm³/mol. The van der Waals surface area contributed by atoms with Crippen molar-refractivity contribution < 1.29 is 4.79 Å². The zero-order chi connectivity index (χ0) is 13.8. The lowest BCUT2D eigenvalue weighted by Gasteiger charge is -2.07. The second kappa shape index (κ2) is 6.16. The number of nitrogens with one attached hydrogen (secondary N) is 1. The number of aromatic nitrogens is 1. The van der Waals surface area contributed by atoms with Crippen LogP contribution >= 0.6 is 31.9 Å². The first kappa shape index (κ1) is 14.0. The number of nitrogens with zero attached hydrogens (tertiary/aromatic N) is 1. The Bertz CT molecular complexity index is 617. The van der Waals surface area contributed by atoms with Crippen LogP contribution in [0.15, 0.2) is 45.5 Å².